The molecule has 2 aliphatic rings. The number of piperidine rings is 1. The average Bonchev–Trinajstić information content (AvgIpc) is 2.69. The third-order valence-corrected chi connectivity index (χ3v) is 5.86. The standard InChI is InChI=1S/C20H27ClN6/c1-25(2)17-7-10-26(11-8-17)18-5-3-16(4-6-18)23-20-22-13-15-14-27(21)12-9-19(15)24-20/h3-6,13,17H,7-12,14H2,1-2H3,(H,22,23,24). The molecule has 1 saturated heterocycles. The van der Waals surface area contributed by atoms with E-state index in [-0.39, 0.29) is 0 Å². The van der Waals surface area contributed by atoms with Crippen molar-refractivity contribution in [3.05, 3.63) is 41.7 Å². The van der Waals surface area contributed by atoms with Crippen LogP contribution in [0.25, 0.3) is 0 Å². The lowest BCUT2D eigenvalue weighted by Gasteiger charge is -2.36. The Morgan fingerprint density at radius 2 is 1.85 bits per heavy atom. The van der Waals surface area contributed by atoms with Gasteiger partial charge in [-0.3, -0.25) is 0 Å². The van der Waals surface area contributed by atoms with Crippen LogP contribution in [-0.2, 0) is 13.0 Å². The largest absolute Gasteiger partial charge is 0.371 e. The zero-order chi connectivity index (χ0) is 18.8. The molecule has 0 aliphatic carbocycles. The quantitative estimate of drug-likeness (QED) is 0.814. The van der Waals surface area contributed by atoms with Gasteiger partial charge in [0.25, 0.3) is 0 Å². The molecule has 144 valence electrons. The molecule has 2 aromatic rings. The van der Waals surface area contributed by atoms with E-state index in [1.807, 2.05) is 6.20 Å². The number of aromatic nitrogens is 2. The number of anilines is 3. The Morgan fingerprint density at radius 1 is 1.11 bits per heavy atom. The van der Waals surface area contributed by atoms with Crippen LogP contribution < -0.4 is 10.2 Å². The normalized spacial score (nSPS) is 18.6. The minimum Gasteiger partial charge on any atom is -0.371 e. The summed E-state index contributed by atoms with van der Waals surface area (Å²) in [6.45, 7) is 3.75. The Balaban J connectivity index is 1.39. The van der Waals surface area contributed by atoms with Crippen molar-refractivity contribution in [1.29, 1.82) is 0 Å². The number of fused-ring (bicyclic) bond motifs is 1. The first-order chi connectivity index (χ1) is 13.1. The topological polar surface area (TPSA) is 47.5 Å². The average molecular weight is 387 g/mol. The van der Waals surface area contributed by atoms with Crippen LogP contribution in [0.3, 0.4) is 0 Å². The van der Waals surface area contributed by atoms with Crippen molar-refractivity contribution in [3.8, 4) is 0 Å². The van der Waals surface area contributed by atoms with E-state index < -0.39 is 0 Å². The summed E-state index contributed by atoms with van der Waals surface area (Å²) in [4.78, 5) is 13.9. The van der Waals surface area contributed by atoms with Crippen LogP contribution in [-0.4, -0.2) is 59.1 Å². The summed E-state index contributed by atoms with van der Waals surface area (Å²) in [6, 6.07) is 9.28. The van der Waals surface area contributed by atoms with Gasteiger partial charge >= 0.3 is 0 Å². The summed E-state index contributed by atoms with van der Waals surface area (Å²) in [5.74, 6) is 0.649. The molecule has 3 heterocycles. The summed E-state index contributed by atoms with van der Waals surface area (Å²) in [6.07, 6.45) is 5.17. The van der Waals surface area contributed by atoms with E-state index in [0.29, 0.717) is 18.5 Å². The predicted octanol–water partition coefficient (Wildman–Crippen LogP) is 3.26. The SMILES string of the molecule is CN(C)C1CCN(c2ccc(Nc3ncc4c(n3)CCN(Cl)C4)cc2)CC1. The maximum Gasteiger partial charge on any atom is 0.227 e. The highest BCUT2D eigenvalue weighted by Gasteiger charge is 2.21. The highest BCUT2D eigenvalue weighted by Crippen LogP contribution is 2.25. The molecule has 2 aliphatic heterocycles. The fraction of sp³-hybridized carbons (Fsp3) is 0.500. The number of rotatable bonds is 4. The Hall–Kier alpha value is -1.89. The van der Waals surface area contributed by atoms with E-state index in [9.17, 15) is 0 Å². The zero-order valence-electron chi connectivity index (χ0n) is 16.0. The Bertz CT molecular complexity index is 771. The number of nitrogens with one attached hydrogen (secondary N) is 1. The second-order valence-electron chi connectivity index (χ2n) is 7.61. The maximum atomic E-state index is 6.07. The van der Waals surface area contributed by atoms with Crippen LogP contribution in [0.2, 0.25) is 0 Å². The number of halogens is 1. The third-order valence-electron chi connectivity index (χ3n) is 5.57. The molecular weight excluding hydrogens is 360 g/mol. The van der Waals surface area contributed by atoms with Crippen molar-refractivity contribution in [1.82, 2.24) is 19.3 Å². The smallest absolute Gasteiger partial charge is 0.227 e. The van der Waals surface area contributed by atoms with Gasteiger partial charge in [0.15, 0.2) is 0 Å². The molecule has 0 saturated carbocycles. The lowest BCUT2D eigenvalue weighted by molar-refractivity contribution is 0.249. The zero-order valence-corrected chi connectivity index (χ0v) is 16.8. The molecule has 1 aromatic heterocycles. The van der Waals surface area contributed by atoms with Crippen LogP contribution in [0, 0.1) is 0 Å². The summed E-state index contributed by atoms with van der Waals surface area (Å²) in [5, 5.41) is 3.32. The van der Waals surface area contributed by atoms with Gasteiger partial charge in [0.05, 0.1) is 5.69 Å². The van der Waals surface area contributed by atoms with Crippen molar-refractivity contribution in [3.63, 3.8) is 0 Å². The van der Waals surface area contributed by atoms with Crippen LogP contribution in [0.5, 0.6) is 0 Å². The van der Waals surface area contributed by atoms with Crippen LogP contribution >= 0.6 is 11.8 Å². The number of benzene rings is 1. The van der Waals surface area contributed by atoms with Crippen molar-refractivity contribution in [2.24, 2.45) is 0 Å². The van der Waals surface area contributed by atoms with Crippen LogP contribution in [0.1, 0.15) is 24.1 Å². The van der Waals surface area contributed by atoms with Crippen LogP contribution in [0.15, 0.2) is 30.5 Å². The Morgan fingerprint density at radius 3 is 2.56 bits per heavy atom. The number of nitrogens with zero attached hydrogens (tertiary/aromatic N) is 5. The molecule has 1 fully saturated rings. The van der Waals surface area contributed by atoms with Crippen molar-refractivity contribution in [2.75, 3.05) is 43.9 Å². The van der Waals surface area contributed by atoms with Gasteiger partial charge in [0.2, 0.25) is 5.95 Å². The highest BCUT2D eigenvalue weighted by molar-refractivity contribution is 6.13. The molecule has 1 aromatic carbocycles. The molecule has 0 unspecified atom stereocenters. The summed E-state index contributed by atoms with van der Waals surface area (Å²) >= 11 is 6.07. The first kappa shape index (κ1) is 18.5. The number of hydrogen-bond acceptors (Lipinski definition) is 6. The molecule has 7 heteroatoms. The highest BCUT2D eigenvalue weighted by atomic mass is 35.5. The van der Waals surface area contributed by atoms with E-state index in [4.69, 9.17) is 11.8 Å². The minimum absolute atomic E-state index is 0.649. The fourth-order valence-corrected chi connectivity index (χ4v) is 4.08. The van der Waals surface area contributed by atoms with E-state index in [1.165, 1.54) is 18.5 Å². The van der Waals surface area contributed by atoms with Gasteiger partial charge in [-0.25, -0.2) is 14.4 Å². The minimum atomic E-state index is 0.649. The molecule has 6 nitrogen and oxygen atoms in total. The molecule has 0 spiro atoms. The summed E-state index contributed by atoms with van der Waals surface area (Å²) < 4.78 is 1.78. The first-order valence-corrected chi connectivity index (χ1v) is 9.96. The fourth-order valence-electron chi connectivity index (χ4n) is 3.87. The van der Waals surface area contributed by atoms with E-state index >= 15 is 0 Å². The summed E-state index contributed by atoms with van der Waals surface area (Å²) in [7, 11) is 4.35. The molecule has 0 radical (unpaired) electrons. The second-order valence-corrected chi connectivity index (χ2v) is 8.09. The molecular formula is C20H27ClN6. The lowest BCUT2D eigenvalue weighted by Crippen LogP contribution is -2.41. The van der Waals surface area contributed by atoms with E-state index in [2.05, 4.69) is 63.4 Å². The van der Waals surface area contributed by atoms with Gasteiger partial charge in [-0.05, 0) is 63.0 Å². The molecule has 0 amide bonds. The molecule has 0 atom stereocenters. The van der Waals surface area contributed by atoms with Gasteiger partial charge in [0, 0.05) is 61.8 Å². The second kappa shape index (κ2) is 8.00. The third kappa shape index (κ3) is 4.34. The first-order valence-electron chi connectivity index (χ1n) is 9.62. The van der Waals surface area contributed by atoms with Gasteiger partial charge in [-0.2, -0.15) is 0 Å². The Kier molecular flexibility index (Phi) is 5.48. The van der Waals surface area contributed by atoms with Gasteiger partial charge < -0.3 is 15.1 Å². The van der Waals surface area contributed by atoms with Crippen molar-refractivity contribution < 1.29 is 0 Å². The van der Waals surface area contributed by atoms with E-state index in [1.54, 1.807) is 4.42 Å². The maximum absolute atomic E-state index is 6.07. The lowest BCUT2D eigenvalue weighted by atomic mass is 10.0. The predicted molar refractivity (Wildman–Crippen MR) is 111 cm³/mol. The van der Waals surface area contributed by atoms with E-state index in [0.717, 1.165) is 43.0 Å². The van der Waals surface area contributed by atoms with Gasteiger partial charge in [-0.15, -0.1) is 0 Å². The molecule has 0 bridgehead atoms. The Labute approximate surface area is 166 Å². The van der Waals surface area contributed by atoms with Gasteiger partial charge in [0.1, 0.15) is 0 Å². The molecule has 27 heavy (non-hydrogen) atoms. The van der Waals surface area contributed by atoms with Crippen molar-refractivity contribution in [2.45, 2.75) is 31.8 Å². The molecule has 4 rings (SSSR count). The summed E-state index contributed by atoms with van der Waals surface area (Å²) in [5.41, 5.74) is 4.49. The monoisotopic (exact) mass is 386 g/mol. The number of hydrogen-bond donors (Lipinski definition) is 1. The van der Waals surface area contributed by atoms with Crippen LogP contribution in [0.4, 0.5) is 17.3 Å². The molecule has 1 N–H and O–H groups in total. The van der Waals surface area contributed by atoms with Gasteiger partial charge in [-0.1, -0.05) is 0 Å². The van der Waals surface area contributed by atoms with Crippen molar-refractivity contribution >= 4 is 29.1 Å².